The summed E-state index contributed by atoms with van der Waals surface area (Å²) in [7, 11) is 0. The second-order valence-corrected chi connectivity index (χ2v) is 9.11. The molecule has 1 fully saturated rings. The topological polar surface area (TPSA) is 41.4 Å². The maximum atomic E-state index is 13.9. The molecular weight excluding hydrogens is 468 g/mol. The molecule has 4 aromatic rings. The summed E-state index contributed by atoms with van der Waals surface area (Å²) in [5.41, 5.74) is 0.0823. The lowest BCUT2D eigenvalue weighted by molar-refractivity contribution is -0.140. The van der Waals surface area contributed by atoms with Gasteiger partial charge in [0.05, 0.1) is 10.6 Å². The summed E-state index contributed by atoms with van der Waals surface area (Å²) in [6, 6.07) is 16.4. The van der Waals surface area contributed by atoms with Gasteiger partial charge in [-0.25, -0.2) is 9.07 Å². The van der Waals surface area contributed by atoms with Gasteiger partial charge in [0.25, 0.3) is 5.91 Å². The molecule has 0 unspecified atom stereocenters. The van der Waals surface area contributed by atoms with Crippen molar-refractivity contribution in [3.63, 3.8) is 0 Å². The van der Waals surface area contributed by atoms with Crippen molar-refractivity contribution in [1.29, 1.82) is 0 Å². The number of hydrogen-bond acceptors (Lipinski definition) is 4. The monoisotopic (exact) mass is 488 g/mol. The Hall–Kier alpha value is -3.24. The second-order valence-electron chi connectivity index (χ2n) is 8.08. The van der Waals surface area contributed by atoms with E-state index in [-0.39, 0.29) is 26.8 Å². The number of hydrogen-bond donors (Lipinski definition) is 0. The quantitative estimate of drug-likeness (QED) is 0.371. The van der Waals surface area contributed by atoms with Gasteiger partial charge in [-0.2, -0.15) is 18.3 Å². The fourth-order valence-electron chi connectivity index (χ4n) is 4.10. The highest BCUT2D eigenvalue weighted by molar-refractivity contribution is 7.20. The Morgan fingerprint density at radius 2 is 1.65 bits per heavy atom. The molecule has 2 aromatic heterocycles. The Kier molecular flexibility index (Phi) is 5.86. The van der Waals surface area contributed by atoms with E-state index in [2.05, 4.69) is 10.00 Å². The average Bonchev–Trinajstić information content (AvgIpc) is 3.40. The first-order chi connectivity index (χ1) is 16.3. The predicted molar refractivity (Wildman–Crippen MR) is 122 cm³/mol. The number of aromatic nitrogens is 2. The Labute approximate surface area is 196 Å². The van der Waals surface area contributed by atoms with Crippen LogP contribution in [0.4, 0.5) is 17.6 Å². The maximum Gasteiger partial charge on any atom is 0.435 e. The number of fused-ring (bicyclic) bond motifs is 1. The first-order valence-electron chi connectivity index (χ1n) is 10.7. The molecule has 1 aliphatic rings. The molecule has 0 spiro atoms. The Morgan fingerprint density at radius 3 is 2.32 bits per heavy atom. The van der Waals surface area contributed by atoms with Crippen molar-refractivity contribution in [3.8, 4) is 5.69 Å². The van der Waals surface area contributed by atoms with Gasteiger partial charge in [0, 0.05) is 43.7 Å². The lowest BCUT2D eigenvalue weighted by Gasteiger charge is -2.34. The Balaban J connectivity index is 1.37. The number of carbonyl (C=O) groups excluding carboxylic acids is 1. The molecule has 3 heterocycles. The summed E-state index contributed by atoms with van der Waals surface area (Å²) in [6.07, 6.45) is -4.64. The number of para-hydroxylation sites is 1. The average molecular weight is 489 g/mol. The van der Waals surface area contributed by atoms with Crippen LogP contribution in [0.25, 0.3) is 15.9 Å². The molecule has 0 atom stereocenters. The van der Waals surface area contributed by atoms with Gasteiger partial charge in [0.2, 0.25) is 0 Å². The third-order valence-corrected chi connectivity index (χ3v) is 6.95. The van der Waals surface area contributed by atoms with Crippen LogP contribution in [-0.2, 0) is 12.7 Å². The zero-order valence-electron chi connectivity index (χ0n) is 17.9. The van der Waals surface area contributed by atoms with Crippen LogP contribution in [0.3, 0.4) is 0 Å². The minimum absolute atomic E-state index is 0.0807. The minimum atomic E-state index is -4.64. The van der Waals surface area contributed by atoms with Crippen LogP contribution in [0.5, 0.6) is 0 Å². The molecule has 0 N–H and O–H groups in total. The van der Waals surface area contributed by atoms with E-state index in [0.29, 0.717) is 44.0 Å². The van der Waals surface area contributed by atoms with Gasteiger partial charge in [-0.1, -0.05) is 36.4 Å². The number of rotatable bonds is 4. The van der Waals surface area contributed by atoms with Gasteiger partial charge in [-0.05, 0) is 24.3 Å². The van der Waals surface area contributed by atoms with Crippen LogP contribution < -0.4 is 0 Å². The Morgan fingerprint density at radius 1 is 0.971 bits per heavy atom. The van der Waals surface area contributed by atoms with E-state index in [9.17, 15) is 22.4 Å². The van der Waals surface area contributed by atoms with Gasteiger partial charge in [0.15, 0.2) is 5.69 Å². The van der Waals surface area contributed by atoms with E-state index in [0.717, 1.165) is 11.3 Å². The molecule has 10 heteroatoms. The minimum Gasteiger partial charge on any atom is -0.335 e. The van der Waals surface area contributed by atoms with E-state index >= 15 is 0 Å². The predicted octanol–water partition coefficient (Wildman–Crippen LogP) is 5.20. The molecule has 0 saturated carbocycles. The van der Waals surface area contributed by atoms with Crippen molar-refractivity contribution in [1.82, 2.24) is 19.6 Å². The summed E-state index contributed by atoms with van der Waals surface area (Å²) in [6.45, 7) is 2.38. The molecule has 0 bridgehead atoms. The van der Waals surface area contributed by atoms with Crippen molar-refractivity contribution in [2.45, 2.75) is 12.7 Å². The maximum absolute atomic E-state index is 13.9. The number of amides is 1. The molecule has 0 aliphatic carbocycles. The van der Waals surface area contributed by atoms with E-state index in [1.54, 1.807) is 53.4 Å². The van der Waals surface area contributed by atoms with Crippen LogP contribution >= 0.6 is 11.3 Å². The normalized spacial score (nSPS) is 15.2. The van der Waals surface area contributed by atoms with Crippen LogP contribution in [0, 0.1) is 5.82 Å². The van der Waals surface area contributed by atoms with Gasteiger partial charge in [-0.3, -0.25) is 9.69 Å². The summed E-state index contributed by atoms with van der Waals surface area (Å²) in [5, 5.41) is 3.72. The lowest BCUT2D eigenvalue weighted by Crippen LogP contribution is -2.48. The van der Waals surface area contributed by atoms with Gasteiger partial charge < -0.3 is 4.90 Å². The zero-order valence-corrected chi connectivity index (χ0v) is 18.7. The van der Waals surface area contributed by atoms with E-state index in [4.69, 9.17) is 0 Å². The molecule has 34 heavy (non-hydrogen) atoms. The molecule has 1 aliphatic heterocycles. The van der Waals surface area contributed by atoms with Gasteiger partial charge in [0.1, 0.15) is 10.6 Å². The number of carbonyl (C=O) groups is 1. The molecular formula is C24H20F4N4OS. The zero-order chi connectivity index (χ0) is 23.9. The number of piperazine rings is 1. The van der Waals surface area contributed by atoms with Gasteiger partial charge >= 0.3 is 6.18 Å². The van der Waals surface area contributed by atoms with E-state index in [1.165, 1.54) is 16.8 Å². The van der Waals surface area contributed by atoms with Crippen molar-refractivity contribution in [3.05, 3.63) is 82.6 Å². The van der Waals surface area contributed by atoms with Crippen molar-refractivity contribution in [2.75, 3.05) is 26.2 Å². The highest BCUT2D eigenvalue weighted by Gasteiger charge is 2.38. The standard InChI is InChI=1S/C24H20F4N4OS/c25-19-9-5-4-6-16(19)15-30-10-12-31(13-11-30)22(33)20-14-18-21(24(26,27)28)29-32(23(18)34-20)17-7-2-1-3-8-17/h1-9,14H,10-13,15H2. The summed E-state index contributed by atoms with van der Waals surface area (Å²) < 4.78 is 56.2. The number of thiophene rings is 1. The third-order valence-electron chi connectivity index (χ3n) is 5.85. The van der Waals surface area contributed by atoms with Crippen molar-refractivity contribution < 1.29 is 22.4 Å². The van der Waals surface area contributed by atoms with E-state index < -0.39 is 11.9 Å². The number of halogens is 4. The molecule has 2 aromatic carbocycles. The van der Waals surface area contributed by atoms with E-state index in [1.807, 2.05) is 0 Å². The largest absolute Gasteiger partial charge is 0.435 e. The van der Waals surface area contributed by atoms with Gasteiger partial charge in [-0.15, -0.1) is 11.3 Å². The van der Waals surface area contributed by atoms with Crippen LogP contribution in [-0.4, -0.2) is 51.7 Å². The fourth-order valence-corrected chi connectivity index (χ4v) is 5.20. The number of benzene rings is 2. The summed E-state index contributed by atoms with van der Waals surface area (Å²) >= 11 is 1.01. The molecule has 1 saturated heterocycles. The molecule has 1 amide bonds. The number of nitrogens with zero attached hydrogens (tertiary/aromatic N) is 4. The molecule has 176 valence electrons. The van der Waals surface area contributed by atoms with Crippen LogP contribution in [0.2, 0.25) is 0 Å². The fraction of sp³-hybridized carbons (Fsp3) is 0.250. The first-order valence-corrected chi connectivity index (χ1v) is 11.5. The molecule has 5 nitrogen and oxygen atoms in total. The first kappa shape index (κ1) is 22.5. The third kappa shape index (κ3) is 4.30. The highest BCUT2D eigenvalue weighted by Crippen LogP contribution is 2.39. The smallest absolute Gasteiger partial charge is 0.335 e. The lowest BCUT2D eigenvalue weighted by atomic mass is 10.2. The Bertz CT molecular complexity index is 1320. The summed E-state index contributed by atoms with van der Waals surface area (Å²) in [4.78, 5) is 17.4. The highest BCUT2D eigenvalue weighted by atomic mass is 32.1. The van der Waals surface area contributed by atoms with Crippen LogP contribution in [0.1, 0.15) is 20.9 Å². The van der Waals surface area contributed by atoms with Crippen LogP contribution in [0.15, 0.2) is 60.7 Å². The van der Waals surface area contributed by atoms with Crippen molar-refractivity contribution in [2.24, 2.45) is 0 Å². The summed E-state index contributed by atoms with van der Waals surface area (Å²) in [5.74, 6) is -0.571. The second kappa shape index (κ2) is 8.84. The van der Waals surface area contributed by atoms with Crippen molar-refractivity contribution >= 4 is 27.5 Å². The molecule has 0 radical (unpaired) electrons. The number of alkyl halides is 3. The SMILES string of the molecule is O=C(c1cc2c(C(F)(F)F)nn(-c3ccccc3)c2s1)N1CCN(Cc2ccccc2F)CC1. The molecule has 5 rings (SSSR count).